The Morgan fingerprint density at radius 2 is 2.29 bits per heavy atom. The van der Waals surface area contributed by atoms with Crippen LogP contribution in [-0.2, 0) is 0 Å². The van der Waals surface area contributed by atoms with Gasteiger partial charge >= 0.3 is 0 Å². The molecule has 0 radical (unpaired) electrons. The first-order valence-electron chi connectivity index (χ1n) is 4.95. The first-order valence-corrected chi connectivity index (χ1v) is 6.20. The molecule has 2 rings (SSSR count). The second-order valence-electron chi connectivity index (χ2n) is 3.64. The molecule has 0 spiro atoms. The number of alkyl halides is 1. The Hall–Kier alpha value is -0.280. The predicted octanol–water partition coefficient (Wildman–Crippen LogP) is 3.42. The Bertz CT molecular complexity index is 302. The van der Waals surface area contributed by atoms with E-state index in [1.165, 1.54) is 24.1 Å². The molecule has 2 atom stereocenters. The zero-order valence-corrected chi connectivity index (χ0v) is 9.77. The van der Waals surface area contributed by atoms with Crippen LogP contribution in [0.5, 0.6) is 5.19 Å². The standard InChI is InChI=1S/C10H14ClNOS/c1-13-10-12-6-9(14-10)7-4-2-3-5-8(7)11/h6-8H,2-5H2,1H3. The highest BCUT2D eigenvalue weighted by molar-refractivity contribution is 7.13. The van der Waals surface area contributed by atoms with Crippen molar-refractivity contribution in [3.63, 3.8) is 0 Å². The van der Waals surface area contributed by atoms with E-state index in [1.54, 1.807) is 18.4 Å². The van der Waals surface area contributed by atoms with Crippen LogP contribution in [0.3, 0.4) is 0 Å². The van der Waals surface area contributed by atoms with Crippen molar-refractivity contribution in [2.24, 2.45) is 0 Å². The van der Waals surface area contributed by atoms with Crippen LogP contribution in [0.15, 0.2) is 6.20 Å². The lowest BCUT2D eigenvalue weighted by molar-refractivity contribution is 0.412. The van der Waals surface area contributed by atoms with Crippen LogP contribution < -0.4 is 4.74 Å². The van der Waals surface area contributed by atoms with Crippen LogP contribution in [0.1, 0.15) is 36.5 Å². The van der Waals surface area contributed by atoms with E-state index in [9.17, 15) is 0 Å². The van der Waals surface area contributed by atoms with E-state index in [4.69, 9.17) is 16.3 Å². The minimum Gasteiger partial charge on any atom is -0.473 e. The minimum absolute atomic E-state index is 0.286. The first kappa shape index (κ1) is 10.2. The molecule has 2 nitrogen and oxygen atoms in total. The van der Waals surface area contributed by atoms with E-state index in [-0.39, 0.29) is 5.38 Å². The predicted molar refractivity (Wildman–Crippen MR) is 59.5 cm³/mol. The second-order valence-corrected chi connectivity index (χ2v) is 5.22. The Morgan fingerprint density at radius 1 is 1.50 bits per heavy atom. The molecule has 4 heteroatoms. The van der Waals surface area contributed by atoms with Gasteiger partial charge in [0.05, 0.1) is 7.11 Å². The van der Waals surface area contributed by atoms with Gasteiger partial charge in [0.25, 0.3) is 5.19 Å². The first-order chi connectivity index (χ1) is 6.81. The zero-order chi connectivity index (χ0) is 9.97. The van der Waals surface area contributed by atoms with E-state index in [0.29, 0.717) is 5.92 Å². The molecular weight excluding hydrogens is 218 g/mol. The van der Waals surface area contributed by atoms with Crippen LogP contribution in [0.25, 0.3) is 0 Å². The second kappa shape index (κ2) is 4.49. The molecule has 2 unspecified atom stereocenters. The van der Waals surface area contributed by atoms with Crippen LogP contribution in [-0.4, -0.2) is 17.5 Å². The Labute approximate surface area is 93.3 Å². The van der Waals surface area contributed by atoms with Crippen molar-refractivity contribution in [2.45, 2.75) is 37.0 Å². The lowest BCUT2D eigenvalue weighted by Crippen LogP contribution is -2.16. The van der Waals surface area contributed by atoms with Gasteiger partial charge in [0.15, 0.2) is 0 Å². The van der Waals surface area contributed by atoms with Crippen LogP contribution in [0.4, 0.5) is 0 Å². The summed E-state index contributed by atoms with van der Waals surface area (Å²) in [4.78, 5) is 5.46. The number of nitrogens with zero attached hydrogens (tertiary/aromatic N) is 1. The number of halogens is 1. The summed E-state index contributed by atoms with van der Waals surface area (Å²) in [6.45, 7) is 0. The van der Waals surface area contributed by atoms with Crippen molar-refractivity contribution in [1.29, 1.82) is 0 Å². The highest BCUT2D eigenvalue weighted by Gasteiger charge is 2.26. The lowest BCUT2D eigenvalue weighted by Gasteiger charge is -2.25. The summed E-state index contributed by atoms with van der Waals surface area (Å²) in [7, 11) is 1.65. The molecule has 78 valence electrons. The number of thiazole rings is 1. The number of hydrogen-bond acceptors (Lipinski definition) is 3. The summed E-state index contributed by atoms with van der Waals surface area (Å²) in [6.07, 6.45) is 6.79. The average Bonchev–Trinajstić information content (AvgIpc) is 2.67. The van der Waals surface area contributed by atoms with Gasteiger partial charge in [0, 0.05) is 22.4 Å². The fraction of sp³-hybridized carbons (Fsp3) is 0.700. The summed E-state index contributed by atoms with van der Waals surface area (Å²) in [5.41, 5.74) is 0. The number of methoxy groups -OCH3 is 1. The zero-order valence-electron chi connectivity index (χ0n) is 8.20. The van der Waals surface area contributed by atoms with Crippen LogP contribution in [0.2, 0.25) is 0 Å². The van der Waals surface area contributed by atoms with Gasteiger partial charge in [0.1, 0.15) is 0 Å². The number of aromatic nitrogens is 1. The highest BCUT2D eigenvalue weighted by Crippen LogP contribution is 2.39. The molecule has 1 heterocycles. The molecule has 1 aliphatic rings. The molecule has 1 saturated carbocycles. The summed E-state index contributed by atoms with van der Waals surface area (Å²) in [5, 5.41) is 1.03. The van der Waals surface area contributed by atoms with Crippen LogP contribution in [0, 0.1) is 0 Å². The van der Waals surface area contributed by atoms with Crippen molar-refractivity contribution in [3.8, 4) is 5.19 Å². The third kappa shape index (κ3) is 2.04. The topological polar surface area (TPSA) is 22.1 Å². The molecular formula is C10H14ClNOS. The summed E-state index contributed by atoms with van der Waals surface area (Å²) in [5.74, 6) is 0.492. The van der Waals surface area contributed by atoms with Gasteiger partial charge in [-0.05, 0) is 12.8 Å². The highest BCUT2D eigenvalue weighted by atomic mass is 35.5. The van der Waals surface area contributed by atoms with Crippen molar-refractivity contribution >= 4 is 22.9 Å². The Morgan fingerprint density at radius 3 is 2.93 bits per heavy atom. The normalized spacial score (nSPS) is 27.6. The fourth-order valence-electron chi connectivity index (χ4n) is 1.94. The van der Waals surface area contributed by atoms with Crippen molar-refractivity contribution < 1.29 is 4.74 Å². The molecule has 14 heavy (non-hydrogen) atoms. The molecule has 1 aromatic heterocycles. The molecule has 0 aromatic carbocycles. The molecule has 1 fully saturated rings. The quantitative estimate of drug-likeness (QED) is 0.728. The third-order valence-corrected chi connectivity index (χ3v) is 4.34. The van der Waals surface area contributed by atoms with Crippen molar-refractivity contribution in [1.82, 2.24) is 4.98 Å². The average molecular weight is 232 g/mol. The fourth-order valence-corrected chi connectivity index (χ4v) is 3.36. The Balaban J connectivity index is 2.12. The van der Waals surface area contributed by atoms with E-state index in [0.717, 1.165) is 11.6 Å². The molecule has 1 aromatic rings. The third-order valence-electron chi connectivity index (χ3n) is 2.72. The van der Waals surface area contributed by atoms with Gasteiger partial charge in [0.2, 0.25) is 0 Å². The maximum Gasteiger partial charge on any atom is 0.273 e. The van der Waals surface area contributed by atoms with Gasteiger partial charge < -0.3 is 4.74 Å². The monoisotopic (exact) mass is 231 g/mol. The maximum absolute atomic E-state index is 6.31. The molecule has 0 N–H and O–H groups in total. The smallest absolute Gasteiger partial charge is 0.273 e. The van der Waals surface area contributed by atoms with E-state index in [2.05, 4.69) is 4.98 Å². The molecule has 1 aliphatic carbocycles. The molecule has 0 saturated heterocycles. The lowest BCUT2D eigenvalue weighted by atomic mass is 9.88. The van der Waals surface area contributed by atoms with Gasteiger partial charge in [-0.2, -0.15) is 0 Å². The van der Waals surface area contributed by atoms with Gasteiger partial charge in [-0.3, -0.25) is 0 Å². The minimum atomic E-state index is 0.286. The van der Waals surface area contributed by atoms with E-state index >= 15 is 0 Å². The van der Waals surface area contributed by atoms with Crippen molar-refractivity contribution in [2.75, 3.05) is 7.11 Å². The molecule has 0 amide bonds. The maximum atomic E-state index is 6.31. The Kier molecular flexibility index (Phi) is 3.29. The number of ether oxygens (including phenoxy) is 1. The molecule has 0 aliphatic heterocycles. The molecule has 0 bridgehead atoms. The summed E-state index contributed by atoms with van der Waals surface area (Å²) in [6, 6.07) is 0. The summed E-state index contributed by atoms with van der Waals surface area (Å²) >= 11 is 7.93. The van der Waals surface area contributed by atoms with Gasteiger partial charge in [-0.15, -0.1) is 11.6 Å². The SMILES string of the molecule is COc1ncc(C2CCCCC2Cl)s1. The van der Waals surface area contributed by atoms with E-state index < -0.39 is 0 Å². The van der Waals surface area contributed by atoms with E-state index in [1.807, 2.05) is 6.20 Å². The summed E-state index contributed by atoms with van der Waals surface area (Å²) < 4.78 is 5.09. The van der Waals surface area contributed by atoms with Gasteiger partial charge in [-0.25, -0.2) is 4.98 Å². The van der Waals surface area contributed by atoms with Crippen LogP contribution >= 0.6 is 22.9 Å². The van der Waals surface area contributed by atoms with Crippen molar-refractivity contribution in [3.05, 3.63) is 11.1 Å². The number of hydrogen-bond donors (Lipinski definition) is 0. The largest absolute Gasteiger partial charge is 0.473 e. The number of rotatable bonds is 2. The van der Waals surface area contributed by atoms with Gasteiger partial charge in [-0.1, -0.05) is 24.2 Å².